The van der Waals surface area contributed by atoms with Gasteiger partial charge in [0.05, 0.1) is 6.21 Å². The normalized spacial score (nSPS) is 17.4. The summed E-state index contributed by atoms with van der Waals surface area (Å²) in [6.07, 6.45) is 6.46. The molecular weight excluding hydrogens is 350 g/mol. The fourth-order valence-corrected chi connectivity index (χ4v) is 3.36. The smallest absolute Gasteiger partial charge is 0.250 e. The Hall–Kier alpha value is -2.41. The molecule has 3 heterocycles. The number of benzene rings is 1. The number of halogens is 1. The molecule has 2 aliphatic heterocycles. The molecule has 26 heavy (non-hydrogen) atoms. The third-order valence-electron chi connectivity index (χ3n) is 4.64. The molecule has 8 heteroatoms. The minimum atomic E-state index is 0.481. The average molecular weight is 372 g/mol. The summed E-state index contributed by atoms with van der Waals surface area (Å²) in [4.78, 5) is 18.3. The summed E-state index contributed by atoms with van der Waals surface area (Å²) in [6, 6.07) is 7.49. The number of nitrogens with one attached hydrogen (secondary N) is 1. The molecule has 1 N–H and O–H groups in total. The third-order valence-corrected chi connectivity index (χ3v) is 4.89. The summed E-state index contributed by atoms with van der Waals surface area (Å²) >= 11 is 5.90. The zero-order valence-corrected chi connectivity index (χ0v) is 15.4. The van der Waals surface area contributed by atoms with Crippen LogP contribution < -0.4 is 15.2 Å². The first kappa shape index (κ1) is 17.0. The van der Waals surface area contributed by atoms with Gasteiger partial charge < -0.3 is 9.80 Å². The van der Waals surface area contributed by atoms with Crippen LogP contribution >= 0.6 is 11.6 Å². The van der Waals surface area contributed by atoms with E-state index in [9.17, 15) is 0 Å². The molecule has 2 aliphatic rings. The van der Waals surface area contributed by atoms with Gasteiger partial charge in [0.2, 0.25) is 17.8 Å². The summed E-state index contributed by atoms with van der Waals surface area (Å²) in [5, 5.41) is 4.98. The van der Waals surface area contributed by atoms with E-state index in [-0.39, 0.29) is 0 Å². The molecule has 0 unspecified atom stereocenters. The SMILES string of the molecule is Clc1ccc(C=NNc2nc(N3CCCC3)nc(N3CCCC3)n2)cc1. The van der Waals surface area contributed by atoms with Crippen LogP contribution in [0.3, 0.4) is 0 Å². The quantitative estimate of drug-likeness (QED) is 0.643. The van der Waals surface area contributed by atoms with Crippen LogP contribution in [-0.4, -0.2) is 47.3 Å². The van der Waals surface area contributed by atoms with E-state index in [2.05, 4.69) is 30.3 Å². The third kappa shape index (κ3) is 4.04. The maximum absolute atomic E-state index is 5.90. The first-order valence-electron chi connectivity index (χ1n) is 9.08. The van der Waals surface area contributed by atoms with E-state index < -0.39 is 0 Å². The molecule has 1 aromatic heterocycles. The van der Waals surface area contributed by atoms with Gasteiger partial charge >= 0.3 is 0 Å². The van der Waals surface area contributed by atoms with Gasteiger partial charge in [0.15, 0.2) is 0 Å². The Morgan fingerprint density at radius 3 is 1.92 bits per heavy atom. The highest BCUT2D eigenvalue weighted by Crippen LogP contribution is 2.22. The summed E-state index contributed by atoms with van der Waals surface area (Å²) in [6.45, 7) is 3.99. The van der Waals surface area contributed by atoms with E-state index in [1.54, 1.807) is 6.21 Å². The van der Waals surface area contributed by atoms with Crippen molar-refractivity contribution >= 4 is 35.7 Å². The van der Waals surface area contributed by atoms with E-state index in [0.29, 0.717) is 11.0 Å². The van der Waals surface area contributed by atoms with Gasteiger partial charge in [-0.2, -0.15) is 20.1 Å². The van der Waals surface area contributed by atoms with Gasteiger partial charge in [-0.1, -0.05) is 23.7 Å². The lowest BCUT2D eigenvalue weighted by atomic mass is 10.2. The highest BCUT2D eigenvalue weighted by atomic mass is 35.5. The van der Waals surface area contributed by atoms with Crippen LogP contribution in [0, 0.1) is 0 Å². The van der Waals surface area contributed by atoms with Crippen molar-refractivity contribution in [3.8, 4) is 0 Å². The maximum Gasteiger partial charge on any atom is 0.250 e. The number of aromatic nitrogens is 3. The van der Waals surface area contributed by atoms with Gasteiger partial charge in [-0.15, -0.1) is 0 Å². The molecule has 7 nitrogen and oxygen atoms in total. The summed E-state index contributed by atoms with van der Waals surface area (Å²) in [5.74, 6) is 1.96. The van der Waals surface area contributed by atoms with Crippen molar-refractivity contribution in [1.29, 1.82) is 0 Å². The highest BCUT2D eigenvalue weighted by Gasteiger charge is 2.21. The molecule has 2 aromatic rings. The summed E-state index contributed by atoms with van der Waals surface area (Å²) in [7, 11) is 0. The van der Waals surface area contributed by atoms with Crippen molar-refractivity contribution in [2.24, 2.45) is 5.10 Å². The standard InChI is InChI=1S/C18H22ClN7/c19-15-7-5-14(6-8-15)13-20-24-16-21-17(25-9-1-2-10-25)23-18(22-16)26-11-3-4-12-26/h5-8,13H,1-4,9-12H2,(H,21,22,23,24). The van der Waals surface area contributed by atoms with E-state index in [4.69, 9.17) is 16.6 Å². The molecule has 0 bridgehead atoms. The van der Waals surface area contributed by atoms with Crippen LogP contribution in [0.1, 0.15) is 31.2 Å². The Bertz CT molecular complexity index is 731. The molecule has 0 saturated carbocycles. The largest absolute Gasteiger partial charge is 0.341 e. The van der Waals surface area contributed by atoms with Gasteiger partial charge in [-0.25, -0.2) is 5.43 Å². The number of hydrogen-bond acceptors (Lipinski definition) is 7. The molecule has 136 valence electrons. The molecule has 0 amide bonds. The Morgan fingerprint density at radius 1 is 0.846 bits per heavy atom. The Morgan fingerprint density at radius 2 is 1.38 bits per heavy atom. The predicted molar refractivity (Wildman–Crippen MR) is 105 cm³/mol. The second-order valence-electron chi connectivity index (χ2n) is 6.57. The minimum absolute atomic E-state index is 0.481. The van der Waals surface area contributed by atoms with Crippen molar-refractivity contribution in [3.05, 3.63) is 34.9 Å². The average Bonchev–Trinajstić information content (AvgIpc) is 3.37. The first-order chi connectivity index (χ1) is 12.8. The molecular formula is C18H22ClN7. The van der Waals surface area contributed by atoms with Crippen LogP contribution in [0.4, 0.5) is 17.8 Å². The number of rotatable bonds is 5. The second kappa shape index (κ2) is 7.86. The van der Waals surface area contributed by atoms with Crippen LogP contribution in [0.5, 0.6) is 0 Å². The Balaban J connectivity index is 1.54. The number of anilines is 3. The number of nitrogens with zero attached hydrogens (tertiary/aromatic N) is 6. The van der Waals surface area contributed by atoms with Crippen molar-refractivity contribution in [1.82, 2.24) is 15.0 Å². The van der Waals surface area contributed by atoms with Gasteiger partial charge in [0.1, 0.15) is 0 Å². The van der Waals surface area contributed by atoms with Crippen LogP contribution in [-0.2, 0) is 0 Å². The fourth-order valence-electron chi connectivity index (χ4n) is 3.23. The van der Waals surface area contributed by atoms with Crippen LogP contribution in [0.15, 0.2) is 29.4 Å². The van der Waals surface area contributed by atoms with Crippen molar-refractivity contribution in [3.63, 3.8) is 0 Å². The minimum Gasteiger partial charge on any atom is -0.341 e. The predicted octanol–water partition coefficient (Wildman–Crippen LogP) is 3.17. The molecule has 0 atom stereocenters. The van der Waals surface area contributed by atoms with E-state index in [0.717, 1.165) is 43.6 Å². The lowest BCUT2D eigenvalue weighted by Crippen LogP contribution is -2.25. The first-order valence-corrected chi connectivity index (χ1v) is 9.46. The molecule has 1 aromatic carbocycles. The molecule has 0 aliphatic carbocycles. The summed E-state index contributed by atoms with van der Waals surface area (Å²) < 4.78 is 0. The maximum atomic E-state index is 5.90. The lowest BCUT2D eigenvalue weighted by molar-refractivity contribution is 0.838. The van der Waals surface area contributed by atoms with E-state index in [1.165, 1.54) is 25.7 Å². The molecule has 0 radical (unpaired) electrons. The molecule has 2 fully saturated rings. The summed E-state index contributed by atoms with van der Waals surface area (Å²) in [5.41, 5.74) is 3.91. The lowest BCUT2D eigenvalue weighted by Gasteiger charge is -2.20. The van der Waals surface area contributed by atoms with Crippen molar-refractivity contribution in [2.45, 2.75) is 25.7 Å². The molecule has 0 spiro atoms. The monoisotopic (exact) mass is 371 g/mol. The van der Waals surface area contributed by atoms with Gasteiger partial charge in [-0.3, -0.25) is 0 Å². The fraction of sp³-hybridized carbons (Fsp3) is 0.444. The van der Waals surface area contributed by atoms with Crippen molar-refractivity contribution < 1.29 is 0 Å². The topological polar surface area (TPSA) is 69.5 Å². The van der Waals surface area contributed by atoms with Crippen LogP contribution in [0.2, 0.25) is 5.02 Å². The number of hydrazone groups is 1. The van der Waals surface area contributed by atoms with Crippen LogP contribution in [0.25, 0.3) is 0 Å². The van der Waals surface area contributed by atoms with Crippen molar-refractivity contribution in [2.75, 3.05) is 41.4 Å². The zero-order valence-electron chi connectivity index (χ0n) is 14.6. The molecule has 4 rings (SSSR count). The van der Waals surface area contributed by atoms with E-state index >= 15 is 0 Å². The molecule has 2 saturated heterocycles. The number of hydrogen-bond donors (Lipinski definition) is 1. The Kier molecular flexibility index (Phi) is 5.15. The van der Waals surface area contributed by atoms with E-state index in [1.807, 2.05) is 24.3 Å². The Labute approximate surface area is 158 Å². The van der Waals surface area contributed by atoms with Gasteiger partial charge in [0, 0.05) is 31.2 Å². The zero-order chi connectivity index (χ0) is 17.8. The van der Waals surface area contributed by atoms with Gasteiger partial charge in [-0.05, 0) is 43.4 Å². The highest BCUT2D eigenvalue weighted by molar-refractivity contribution is 6.30. The second-order valence-corrected chi connectivity index (χ2v) is 7.01. The van der Waals surface area contributed by atoms with Gasteiger partial charge in [0.25, 0.3) is 0 Å².